The van der Waals surface area contributed by atoms with Gasteiger partial charge in [0.2, 0.25) is 0 Å². The van der Waals surface area contributed by atoms with Crippen LogP contribution >= 0.6 is 11.6 Å². The van der Waals surface area contributed by atoms with Crippen molar-refractivity contribution in [2.75, 3.05) is 7.11 Å². The molecular formula is C14H19ClO3. The van der Waals surface area contributed by atoms with Crippen molar-refractivity contribution in [3.63, 3.8) is 0 Å². The van der Waals surface area contributed by atoms with Gasteiger partial charge in [0.05, 0.1) is 18.1 Å². The van der Waals surface area contributed by atoms with Gasteiger partial charge in [0.25, 0.3) is 0 Å². The molecule has 0 aliphatic rings. The Kier molecular flexibility index (Phi) is 5.03. The first-order valence-corrected chi connectivity index (χ1v) is 6.33. The van der Waals surface area contributed by atoms with Crippen molar-refractivity contribution >= 4 is 17.6 Å². The van der Waals surface area contributed by atoms with Crippen LogP contribution in [0.25, 0.3) is 0 Å². The summed E-state index contributed by atoms with van der Waals surface area (Å²) in [5.41, 5.74) is 1.94. The Morgan fingerprint density at radius 3 is 2.44 bits per heavy atom. The summed E-state index contributed by atoms with van der Waals surface area (Å²) < 4.78 is 5.30. The van der Waals surface area contributed by atoms with Crippen LogP contribution in [0, 0.1) is 5.92 Å². The van der Waals surface area contributed by atoms with Crippen LogP contribution in [0.15, 0.2) is 12.1 Å². The number of aliphatic carboxylic acids is 1. The summed E-state index contributed by atoms with van der Waals surface area (Å²) in [6.07, 6.45) is 0.471. The number of benzene rings is 1. The Morgan fingerprint density at radius 2 is 2.00 bits per heavy atom. The highest BCUT2D eigenvalue weighted by Gasteiger charge is 2.16. The zero-order valence-corrected chi connectivity index (χ0v) is 11.9. The summed E-state index contributed by atoms with van der Waals surface area (Å²) in [7, 11) is 1.59. The fraction of sp³-hybridized carbons (Fsp3) is 0.500. The van der Waals surface area contributed by atoms with E-state index in [1.54, 1.807) is 20.1 Å². The molecule has 0 aromatic heterocycles. The van der Waals surface area contributed by atoms with Gasteiger partial charge in [0.15, 0.2) is 0 Å². The maximum atomic E-state index is 10.9. The molecule has 0 aliphatic heterocycles. The standard InChI is InChI=1S/C14H19ClO3/c1-8(2)11-6-10(5-9(3)14(16)17)7-12(15)13(11)18-4/h6-9H,5H2,1-4H3,(H,16,17). The van der Waals surface area contributed by atoms with Gasteiger partial charge in [0.1, 0.15) is 5.75 Å². The van der Waals surface area contributed by atoms with E-state index in [4.69, 9.17) is 21.4 Å². The zero-order valence-electron chi connectivity index (χ0n) is 11.2. The first-order chi connectivity index (χ1) is 8.36. The molecule has 0 aliphatic carbocycles. The molecule has 3 nitrogen and oxygen atoms in total. The van der Waals surface area contributed by atoms with E-state index >= 15 is 0 Å². The molecule has 0 saturated heterocycles. The number of hydrogen-bond donors (Lipinski definition) is 1. The number of ether oxygens (including phenoxy) is 1. The third kappa shape index (κ3) is 3.39. The highest BCUT2D eigenvalue weighted by atomic mass is 35.5. The number of methoxy groups -OCH3 is 1. The fourth-order valence-corrected chi connectivity index (χ4v) is 2.20. The normalized spacial score (nSPS) is 12.6. The highest BCUT2D eigenvalue weighted by molar-refractivity contribution is 6.32. The molecule has 0 heterocycles. The molecule has 0 bridgehead atoms. The number of rotatable bonds is 5. The summed E-state index contributed by atoms with van der Waals surface area (Å²) >= 11 is 6.17. The maximum Gasteiger partial charge on any atom is 0.306 e. The number of carboxylic acid groups (broad SMARTS) is 1. The third-order valence-corrected chi connectivity index (χ3v) is 3.20. The van der Waals surface area contributed by atoms with Gasteiger partial charge in [-0.2, -0.15) is 0 Å². The Morgan fingerprint density at radius 1 is 1.39 bits per heavy atom. The molecule has 0 amide bonds. The van der Waals surface area contributed by atoms with Gasteiger partial charge in [-0.25, -0.2) is 0 Å². The predicted molar refractivity (Wildman–Crippen MR) is 72.6 cm³/mol. The van der Waals surface area contributed by atoms with Gasteiger partial charge in [-0.3, -0.25) is 4.79 Å². The third-order valence-electron chi connectivity index (χ3n) is 2.92. The van der Waals surface area contributed by atoms with Crippen molar-refractivity contribution < 1.29 is 14.6 Å². The minimum Gasteiger partial charge on any atom is -0.495 e. The van der Waals surface area contributed by atoms with Gasteiger partial charge in [-0.15, -0.1) is 0 Å². The van der Waals surface area contributed by atoms with Crippen LogP contribution in [0.1, 0.15) is 37.8 Å². The molecule has 0 radical (unpaired) electrons. The average Bonchev–Trinajstić information content (AvgIpc) is 2.27. The molecule has 1 aromatic rings. The zero-order chi connectivity index (χ0) is 13.9. The molecular weight excluding hydrogens is 252 g/mol. The number of carbonyl (C=O) groups is 1. The molecule has 0 fully saturated rings. The van der Waals surface area contributed by atoms with E-state index in [9.17, 15) is 4.79 Å². The van der Waals surface area contributed by atoms with E-state index in [1.165, 1.54) is 0 Å². The summed E-state index contributed by atoms with van der Waals surface area (Å²) in [5.74, 6) is -0.265. The minimum absolute atomic E-state index is 0.275. The summed E-state index contributed by atoms with van der Waals surface area (Å²) in [6, 6.07) is 3.76. The SMILES string of the molecule is COc1c(Cl)cc(CC(C)C(=O)O)cc1C(C)C. The summed E-state index contributed by atoms with van der Waals surface area (Å²) in [6.45, 7) is 5.80. The lowest BCUT2D eigenvalue weighted by Gasteiger charge is -2.16. The van der Waals surface area contributed by atoms with Gasteiger partial charge in [-0.1, -0.05) is 38.4 Å². The van der Waals surface area contributed by atoms with E-state index in [0.29, 0.717) is 17.2 Å². The van der Waals surface area contributed by atoms with E-state index in [1.807, 2.05) is 6.07 Å². The van der Waals surface area contributed by atoms with Crippen molar-refractivity contribution in [2.45, 2.75) is 33.1 Å². The second-order valence-electron chi connectivity index (χ2n) is 4.80. The molecule has 1 atom stereocenters. The maximum absolute atomic E-state index is 10.9. The van der Waals surface area contributed by atoms with Crippen molar-refractivity contribution in [3.05, 3.63) is 28.3 Å². The van der Waals surface area contributed by atoms with E-state index in [-0.39, 0.29) is 5.92 Å². The van der Waals surface area contributed by atoms with Crippen molar-refractivity contribution in [1.82, 2.24) is 0 Å². The number of hydrogen-bond acceptors (Lipinski definition) is 2. The van der Waals surface area contributed by atoms with Crippen LogP contribution in [0.4, 0.5) is 0 Å². The van der Waals surface area contributed by atoms with Crippen molar-refractivity contribution in [2.24, 2.45) is 5.92 Å². The summed E-state index contributed by atoms with van der Waals surface area (Å²) in [4.78, 5) is 10.9. The molecule has 100 valence electrons. The Hall–Kier alpha value is -1.22. The van der Waals surface area contributed by atoms with E-state index in [2.05, 4.69) is 13.8 Å². The smallest absolute Gasteiger partial charge is 0.306 e. The lowest BCUT2D eigenvalue weighted by atomic mass is 9.95. The monoisotopic (exact) mass is 270 g/mol. The van der Waals surface area contributed by atoms with Crippen LogP contribution in [-0.2, 0) is 11.2 Å². The Labute approximate surface area is 113 Å². The molecule has 1 unspecified atom stereocenters. The second kappa shape index (κ2) is 6.10. The fourth-order valence-electron chi connectivity index (χ4n) is 1.88. The van der Waals surface area contributed by atoms with E-state index < -0.39 is 11.9 Å². The quantitative estimate of drug-likeness (QED) is 0.887. The first kappa shape index (κ1) is 14.8. The Bertz CT molecular complexity index is 441. The molecule has 0 saturated carbocycles. The molecule has 1 aromatic carbocycles. The molecule has 1 N–H and O–H groups in total. The molecule has 1 rings (SSSR count). The first-order valence-electron chi connectivity index (χ1n) is 5.95. The van der Waals surface area contributed by atoms with Gasteiger partial charge in [-0.05, 0) is 29.5 Å². The van der Waals surface area contributed by atoms with Crippen LogP contribution < -0.4 is 4.74 Å². The van der Waals surface area contributed by atoms with E-state index in [0.717, 1.165) is 11.1 Å². The molecule has 0 spiro atoms. The minimum atomic E-state index is -0.798. The van der Waals surface area contributed by atoms with Crippen molar-refractivity contribution in [1.29, 1.82) is 0 Å². The second-order valence-corrected chi connectivity index (χ2v) is 5.21. The number of carboxylic acids is 1. The van der Waals surface area contributed by atoms with Gasteiger partial charge in [0, 0.05) is 0 Å². The van der Waals surface area contributed by atoms with Crippen LogP contribution in [-0.4, -0.2) is 18.2 Å². The topological polar surface area (TPSA) is 46.5 Å². The summed E-state index contributed by atoms with van der Waals surface area (Å²) in [5, 5.41) is 9.47. The predicted octanol–water partition coefficient (Wildman–Crippen LogP) is 3.74. The van der Waals surface area contributed by atoms with Crippen LogP contribution in [0.5, 0.6) is 5.75 Å². The van der Waals surface area contributed by atoms with Crippen molar-refractivity contribution in [3.8, 4) is 5.75 Å². The molecule has 18 heavy (non-hydrogen) atoms. The van der Waals surface area contributed by atoms with Gasteiger partial charge >= 0.3 is 5.97 Å². The lowest BCUT2D eigenvalue weighted by molar-refractivity contribution is -0.141. The lowest BCUT2D eigenvalue weighted by Crippen LogP contribution is -2.12. The highest BCUT2D eigenvalue weighted by Crippen LogP contribution is 2.35. The molecule has 4 heteroatoms. The largest absolute Gasteiger partial charge is 0.495 e. The Balaban J connectivity index is 3.12. The number of halogens is 1. The van der Waals surface area contributed by atoms with Gasteiger partial charge < -0.3 is 9.84 Å². The van der Waals surface area contributed by atoms with Crippen LogP contribution in [0.2, 0.25) is 5.02 Å². The average molecular weight is 271 g/mol. The van der Waals surface area contributed by atoms with Crippen LogP contribution in [0.3, 0.4) is 0 Å².